The van der Waals surface area contributed by atoms with Crippen molar-refractivity contribution in [1.82, 2.24) is 9.34 Å². The van der Waals surface area contributed by atoms with Crippen molar-refractivity contribution in [2.75, 3.05) is 38.0 Å². The van der Waals surface area contributed by atoms with Gasteiger partial charge in [0, 0.05) is 43.7 Å². The Morgan fingerprint density at radius 3 is 1.62 bits per heavy atom. The Labute approximate surface area is 130 Å². The average Bonchev–Trinajstić information content (AvgIpc) is 2.50. The number of nitrogens with zero attached hydrogens (tertiary/aromatic N) is 2. The Balaban J connectivity index is 3.26. The molecule has 0 bridgehead atoms. The summed E-state index contributed by atoms with van der Waals surface area (Å²) in [6.07, 6.45) is 0. The summed E-state index contributed by atoms with van der Waals surface area (Å²) < 4.78 is 18.0. The molecule has 0 unspecified atom stereocenters. The molecule has 0 amide bonds. The van der Waals surface area contributed by atoms with Crippen molar-refractivity contribution in [3.05, 3.63) is 24.3 Å². The van der Waals surface area contributed by atoms with E-state index < -0.39 is 7.44 Å². The molecule has 0 heterocycles. The van der Waals surface area contributed by atoms with Crippen molar-refractivity contribution in [3.63, 3.8) is 0 Å². The van der Waals surface area contributed by atoms with Crippen LogP contribution in [0, 0.1) is 0 Å². The van der Waals surface area contributed by atoms with Crippen LogP contribution in [0.4, 0.5) is 5.69 Å². The van der Waals surface area contributed by atoms with Crippen LogP contribution in [0.1, 0.15) is 34.6 Å². The van der Waals surface area contributed by atoms with Crippen LogP contribution in [0.3, 0.4) is 0 Å². The van der Waals surface area contributed by atoms with Gasteiger partial charge in [-0.2, -0.15) is 0 Å². The Hall–Kier alpha value is -0.830. The highest BCUT2D eigenvalue weighted by Crippen LogP contribution is 2.51. The Morgan fingerprint density at radius 1 is 0.857 bits per heavy atom. The zero-order valence-corrected chi connectivity index (χ0v) is 15.0. The van der Waals surface area contributed by atoms with E-state index in [4.69, 9.17) is 0 Å². The molecule has 0 spiro atoms. The Morgan fingerprint density at radius 2 is 1.29 bits per heavy atom. The van der Waals surface area contributed by atoms with Gasteiger partial charge in [0.25, 0.3) is 0 Å². The van der Waals surface area contributed by atoms with Crippen molar-refractivity contribution in [1.29, 1.82) is 0 Å². The lowest BCUT2D eigenvalue weighted by Crippen LogP contribution is -2.37. The summed E-state index contributed by atoms with van der Waals surface area (Å²) in [5.74, 6) is 0. The summed E-state index contributed by atoms with van der Waals surface area (Å²) in [6.45, 7) is 14.4. The molecule has 0 aliphatic heterocycles. The quantitative estimate of drug-likeness (QED) is 0.707. The molecule has 0 saturated carbocycles. The predicted molar refractivity (Wildman–Crippen MR) is 93.7 cm³/mol. The molecule has 21 heavy (non-hydrogen) atoms. The van der Waals surface area contributed by atoms with Crippen LogP contribution < -0.4 is 10.6 Å². The van der Waals surface area contributed by atoms with Crippen LogP contribution in [0.5, 0.6) is 0 Å². The highest BCUT2D eigenvalue weighted by atomic mass is 31.2. The lowest BCUT2D eigenvalue weighted by atomic mass is 10.3. The van der Waals surface area contributed by atoms with Crippen LogP contribution in [-0.4, -0.2) is 42.1 Å². The number of anilines is 1. The fourth-order valence-corrected chi connectivity index (χ4v) is 5.78. The van der Waals surface area contributed by atoms with Crippen LogP contribution in [-0.2, 0) is 4.57 Å². The second-order valence-corrected chi connectivity index (χ2v) is 7.63. The molecular weight excluding hydrogens is 281 g/mol. The SMILES string of the molecule is CCNc1ccc(P(=O)(N(CC)CC)N(CC)CC)cc1. The minimum atomic E-state index is -2.69. The molecule has 1 aromatic rings. The number of hydrogen-bond donors (Lipinski definition) is 1. The topological polar surface area (TPSA) is 35.6 Å². The van der Waals surface area contributed by atoms with Crippen molar-refractivity contribution < 1.29 is 4.57 Å². The molecule has 0 radical (unpaired) electrons. The van der Waals surface area contributed by atoms with E-state index in [1.165, 1.54) is 0 Å². The maximum Gasteiger partial charge on any atom is 0.245 e. The Kier molecular flexibility index (Phi) is 7.44. The monoisotopic (exact) mass is 311 g/mol. The van der Waals surface area contributed by atoms with Crippen LogP contribution in [0.25, 0.3) is 0 Å². The largest absolute Gasteiger partial charge is 0.385 e. The van der Waals surface area contributed by atoms with Crippen molar-refractivity contribution >= 4 is 18.4 Å². The fraction of sp³-hybridized carbons (Fsp3) is 0.625. The highest BCUT2D eigenvalue weighted by molar-refractivity contribution is 7.67. The summed E-state index contributed by atoms with van der Waals surface area (Å²) in [5.41, 5.74) is 1.08. The zero-order valence-electron chi connectivity index (χ0n) is 14.1. The van der Waals surface area contributed by atoms with Crippen molar-refractivity contribution in [2.24, 2.45) is 0 Å². The van der Waals surface area contributed by atoms with Gasteiger partial charge in [-0.1, -0.05) is 27.7 Å². The predicted octanol–water partition coefficient (Wildman–Crippen LogP) is 3.62. The van der Waals surface area contributed by atoms with E-state index in [2.05, 4.69) is 49.3 Å². The molecule has 0 atom stereocenters. The van der Waals surface area contributed by atoms with Crippen LogP contribution >= 0.6 is 7.44 Å². The molecule has 4 nitrogen and oxygen atoms in total. The van der Waals surface area contributed by atoms with Crippen LogP contribution in [0.15, 0.2) is 24.3 Å². The van der Waals surface area contributed by atoms with E-state index in [0.29, 0.717) is 0 Å². The van der Waals surface area contributed by atoms with Gasteiger partial charge in [-0.3, -0.25) is 4.57 Å². The number of hydrogen-bond acceptors (Lipinski definition) is 2. The summed E-state index contributed by atoms with van der Waals surface area (Å²) in [6, 6.07) is 8.07. The van der Waals surface area contributed by atoms with E-state index in [-0.39, 0.29) is 0 Å². The molecule has 0 aliphatic rings. The molecule has 0 aliphatic carbocycles. The molecule has 0 aromatic heterocycles. The van der Waals surface area contributed by atoms with Gasteiger partial charge in [-0.25, -0.2) is 9.34 Å². The van der Waals surface area contributed by atoms with E-state index >= 15 is 0 Å². The maximum absolute atomic E-state index is 13.8. The molecule has 120 valence electrons. The molecule has 5 heteroatoms. The summed E-state index contributed by atoms with van der Waals surface area (Å²) in [4.78, 5) is 0. The summed E-state index contributed by atoms with van der Waals surface area (Å²) in [7, 11) is -2.69. The second-order valence-electron chi connectivity index (χ2n) is 4.90. The first-order valence-corrected chi connectivity index (χ1v) is 9.64. The standard InChI is InChI=1S/C16H30N3OP/c1-6-17-15-11-13-16(14-12-15)21(20,18(7-2)8-3)19(9-4)10-5/h11-14,17H,6-10H2,1-5H3. The molecule has 0 saturated heterocycles. The first kappa shape index (κ1) is 18.2. The first-order chi connectivity index (χ1) is 10.1. The van der Waals surface area contributed by atoms with E-state index in [9.17, 15) is 4.57 Å². The van der Waals surface area contributed by atoms with Crippen molar-refractivity contribution in [2.45, 2.75) is 34.6 Å². The maximum atomic E-state index is 13.8. The minimum Gasteiger partial charge on any atom is -0.385 e. The lowest BCUT2D eigenvalue weighted by Gasteiger charge is -2.37. The van der Waals surface area contributed by atoms with E-state index in [1.54, 1.807) is 0 Å². The molecule has 1 rings (SSSR count). The lowest BCUT2D eigenvalue weighted by molar-refractivity contribution is 0.369. The van der Waals surface area contributed by atoms with Gasteiger partial charge in [-0.15, -0.1) is 0 Å². The van der Waals surface area contributed by atoms with Gasteiger partial charge in [0.05, 0.1) is 0 Å². The van der Waals surface area contributed by atoms with Gasteiger partial charge in [0.2, 0.25) is 7.44 Å². The number of rotatable bonds is 9. The van der Waals surface area contributed by atoms with Gasteiger partial charge >= 0.3 is 0 Å². The van der Waals surface area contributed by atoms with Crippen LogP contribution in [0.2, 0.25) is 0 Å². The van der Waals surface area contributed by atoms with Crippen molar-refractivity contribution in [3.8, 4) is 0 Å². The molecule has 1 N–H and O–H groups in total. The second kappa shape index (κ2) is 8.57. The third-order valence-electron chi connectivity index (χ3n) is 3.81. The fourth-order valence-electron chi connectivity index (χ4n) is 2.70. The van der Waals surface area contributed by atoms with Gasteiger partial charge in [-0.05, 0) is 31.2 Å². The normalized spacial score (nSPS) is 12.1. The highest BCUT2D eigenvalue weighted by Gasteiger charge is 2.35. The molecule has 1 aromatic carbocycles. The molecule has 0 fully saturated rings. The number of benzene rings is 1. The first-order valence-electron chi connectivity index (χ1n) is 8.03. The smallest absolute Gasteiger partial charge is 0.245 e. The van der Waals surface area contributed by atoms with Gasteiger partial charge in [0.15, 0.2) is 0 Å². The summed E-state index contributed by atoms with van der Waals surface area (Å²) >= 11 is 0. The summed E-state index contributed by atoms with van der Waals surface area (Å²) in [5, 5.41) is 4.21. The molecular formula is C16H30N3OP. The van der Waals surface area contributed by atoms with E-state index in [0.717, 1.165) is 43.7 Å². The van der Waals surface area contributed by atoms with Gasteiger partial charge in [0.1, 0.15) is 0 Å². The number of nitrogens with one attached hydrogen (secondary N) is 1. The van der Waals surface area contributed by atoms with E-state index in [1.807, 2.05) is 24.3 Å². The Bertz CT molecular complexity index is 437. The van der Waals surface area contributed by atoms with Gasteiger partial charge < -0.3 is 5.32 Å². The average molecular weight is 311 g/mol. The third kappa shape index (κ3) is 3.88. The third-order valence-corrected chi connectivity index (χ3v) is 7.45. The zero-order chi connectivity index (χ0) is 15.9. The minimum absolute atomic E-state index is 0.791.